The molecule has 0 aromatic carbocycles. The standard InChI is InChI=1S/C16H28N6O/c23-16(8-10-22-13-17-19-20-22)18-15-7-4-9-21(12-15)11-14-5-2-1-3-6-14/h13-15H,1-12H2,(H,18,23). The van der Waals surface area contributed by atoms with Gasteiger partial charge < -0.3 is 10.2 Å². The topological polar surface area (TPSA) is 75.9 Å². The monoisotopic (exact) mass is 320 g/mol. The Labute approximate surface area is 137 Å². The summed E-state index contributed by atoms with van der Waals surface area (Å²) in [4.78, 5) is 14.7. The van der Waals surface area contributed by atoms with Crippen molar-refractivity contribution in [3.05, 3.63) is 6.33 Å². The summed E-state index contributed by atoms with van der Waals surface area (Å²) in [7, 11) is 0. The molecular formula is C16H28N6O. The molecule has 128 valence electrons. The van der Waals surface area contributed by atoms with Crippen molar-refractivity contribution in [3.8, 4) is 0 Å². The Morgan fingerprint density at radius 3 is 2.83 bits per heavy atom. The molecule has 1 aromatic rings. The molecule has 0 bridgehead atoms. The third-order valence-electron chi connectivity index (χ3n) is 5.07. The molecule has 0 spiro atoms. The summed E-state index contributed by atoms with van der Waals surface area (Å²) >= 11 is 0. The number of nitrogens with zero attached hydrogens (tertiary/aromatic N) is 5. The number of aromatic nitrogens is 4. The van der Waals surface area contributed by atoms with Crippen molar-refractivity contribution < 1.29 is 4.79 Å². The second-order valence-electron chi connectivity index (χ2n) is 6.99. The molecule has 1 amide bonds. The highest BCUT2D eigenvalue weighted by molar-refractivity contribution is 5.76. The Bertz CT molecular complexity index is 471. The molecule has 2 fully saturated rings. The van der Waals surface area contributed by atoms with Gasteiger partial charge >= 0.3 is 0 Å². The predicted molar refractivity (Wildman–Crippen MR) is 86.6 cm³/mol. The lowest BCUT2D eigenvalue weighted by Crippen LogP contribution is -2.49. The van der Waals surface area contributed by atoms with Gasteiger partial charge in [0.1, 0.15) is 6.33 Å². The van der Waals surface area contributed by atoms with Gasteiger partial charge in [-0.2, -0.15) is 0 Å². The molecular weight excluding hydrogens is 292 g/mol. The second kappa shape index (κ2) is 8.38. The van der Waals surface area contributed by atoms with Crippen LogP contribution >= 0.6 is 0 Å². The van der Waals surface area contributed by atoms with Crippen molar-refractivity contribution in [2.75, 3.05) is 19.6 Å². The zero-order valence-corrected chi connectivity index (χ0v) is 13.9. The second-order valence-corrected chi connectivity index (χ2v) is 6.99. The summed E-state index contributed by atoms with van der Waals surface area (Å²) in [6, 6.07) is 0.300. The third-order valence-corrected chi connectivity index (χ3v) is 5.07. The summed E-state index contributed by atoms with van der Waals surface area (Å²) in [6.45, 7) is 3.95. The first-order chi connectivity index (χ1) is 11.3. The Balaban J connectivity index is 1.38. The zero-order chi connectivity index (χ0) is 15.9. The van der Waals surface area contributed by atoms with Crippen LogP contribution in [0.5, 0.6) is 0 Å². The van der Waals surface area contributed by atoms with E-state index in [0.717, 1.165) is 18.9 Å². The van der Waals surface area contributed by atoms with Gasteiger partial charge in [-0.15, -0.1) is 5.10 Å². The summed E-state index contributed by atoms with van der Waals surface area (Å²) in [6.07, 6.45) is 11.2. The van der Waals surface area contributed by atoms with Gasteiger partial charge in [0.15, 0.2) is 0 Å². The average Bonchev–Trinajstić information content (AvgIpc) is 3.08. The first-order valence-corrected chi connectivity index (χ1v) is 9.02. The molecule has 1 aliphatic heterocycles. The number of nitrogens with one attached hydrogen (secondary N) is 1. The molecule has 1 saturated carbocycles. The van der Waals surface area contributed by atoms with Crippen LogP contribution in [-0.4, -0.2) is 56.7 Å². The maximum Gasteiger partial charge on any atom is 0.222 e. The number of piperidine rings is 1. The number of tetrazole rings is 1. The van der Waals surface area contributed by atoms with Gasteiger partial charge in [-0.05, 0) is 48.6 Å². The van der Waals surface area contributed by atoms with E-state index in [0.29, 0.717) is 19.0 Å². The quantitative estimate of drug-likeness (QED) is 0.853. The van der Waals surface area contributed by atoms with E-state index in [1.807, 2.05) is 0 Å². The van der Waals surface area contributed by atoms with E-state index in [4.69, 9.17) is 0 Å². The molecule has 1 aliphatic carbocycles. The highest BCUT2D eigenvalue weighted by Gasteiger charge is 2.24. The third kappa shape index (κ3) is 5.27. The lowest BCUT2D eigenvalue weighted by atomic mass is 9.88. The van der Waals surface area contributed by atoms with Crippen LogP contribution in [0.3, 0.4) is 0 Å². The van der Waals surface area contributed by atoms with E-state index in [-0.39, 0.29) is 5.91 Å². The normalized spacial score (nSPS) is 23.7. The SMILES string of the molecule is O=C(CCn1cnnn1)NC1CCCN(CC2CCCCC2)C1. The van der Waals surface area contributed by atoms with Crippen LogP contribution in [0, 0.1) is 5.92 Å². The average molecular weight is 320 g/mol. The lowest BCUT2D eigenvalue weighted by Gasteiger charge is -2.36. The van der Waals surface area contributed by atoms with Crippen LogP contribution in [0.1, 0.15) is 51.4 Å². The largest absolute Gasteiger partial charge is 0.352 e. The number of hydrogen-bond acceptors (Lipinski definition) is 5. The Morgan fingerprint density at radius 1 is 1.17 bits per heavy atom. The minimum absolute atomic E-state index is 0.102. The molecule has 1 unspecified atom stereocenters. The fraction of sp³-hybridized carbons (Fsp3) is 0.875. The Morgan fingerprint density at radius 2 is 2.04 bits per heavy atom. The van der Waals surface area contributed by atoms with Crippen molar-refractivity contribution in [2.24, 2.45) is 5.92 Å². The maximum absolute atomic E-state index is 12.1. The van der Waals surface area contributed by atoms with Crippen molar-refractivity contribution in [1.29, 1.82) is 0 Å². The molecule has 0 radical (unpaired) electrons. The van der Waals surface area contributed by atoms with Gasteiger partial charge in [-0.3, -0.25) is 4.79 Å². The van der Waals surface area contributed by atoms with Crippen molar-refractivity contribution in [2.45, 2.75) is 64.0 Å². The van der Waals surface area contributed by atoms with Gasteiger partial charge in [0.05, 0.1) is 6.54 Å². The van der Waals surface area contributed by atoms with Gasteiger partial charge in [0.2, 0.25) is 5.91 Å². The summed E-state index contributed by atoms with van der Waals surface area (Å²) in [5.74, 6) is 0.975. The predicted octanol–water partition coefficient (Wildman–Crippen LogP) is 1.22. The summed E-state index contributed by atoms with van der Waals surface area (Å²) in [5, 5.41) is 14.1. The molecule has 1 N–H and O–H groups in total. The van der Waals surface area contributed by atoms with E-state index in [9.17, 15) is 4.79 Å². The number of carbonyl (C=O) groups excluding carboxylic acids is 1. The molecule has 7 nitrogen and oxygen atoms in total. The van der Waals surface area contributed by atoms with Crippen LogP contribution in [0.2, 0.25) is 0 Å². The highest BCUT2D eigenvalue weighted by atomic mass is 16.1. The molecule has 2 heterocycles. The Kier molecular flexibility index (Phi) is 5.96. The van der Waals surface area contributed by atoms with Crippen LogP contribution in [0.25, 0.3) is 0 Å². The van der Waals surface area contributed by atoms with Crippen LogP contribution < -0.4 is 5.32 Å². The van der Waals surface area contributed by atoms with Gasteiger partial charge in [0.25, 0.3) is 0 Å². The summed E-state index contributed by atoms with van der Waals surface area (Å²) < 4.78 is 1.59. The smallest absolute Gasteiger partial charge is 0.222 e. The van der Waals surface area contributed by atoms with Crippen LogP contribution in [-0.2, 0) is 11.3 Å². The molecule has 23 heavy (non-hydrogen) atoms. The fourth-order valence-corrected chi connectivity index (χ4v) is 3.87. The van der Waals surface area contributed by atoms with Crippen LogP contribution in [0.15, 0.2) is 6.33 Å². The van der Waals surface area contributed by atoms with Crippen molar-refractivity contribution in [1.82, 2.24) is 30.4 Å². The van der Waals surface area contributed by atoms with E-state index in [2.05, 4.69) is 25.7 Å². The molecule has 1 atom stereocenters. The molecule has 3 rings (SSSR count). The number of likely N-dealkylation sites (tertiary alicyclic amines) is 1. The minimum atomic E-state index is 0.102. The fourth-order valence-electron chi connectivity index (χ4n) is 3.87. The molecule has 1 saturated heterocycles. The number of hydrogen-bond donors (Lipinski definition) is 1. The van der Waals surface area contributed by atoms with Gasteiger partial charge in [0, 0.05) is 25.6 Å². The number of aryl methyl sites for hydroxylation is 1. The van der Waals surface area contributed by atoms with Crippen LogP contribution in [0.4, 0.5) is 0 Å². The molecule has 7 heteroatoms. The van der Waals surface area contributed by atoms with E-state index in [1.54, 1.807) is 11.0 Å². The zero-order valence-electron chi connectivity index (χ0n) is 13.9. The van der Waals surface area contributed by atoms with E-state index >= 15 is 0 Å². The number of amides is 1. The maximum atomic E-state index is 12.1. The lowest BCUT2D eigenvalue weighted by molar-refractivity contribution is -0.122. The number of carbonyl (C=O) groups is 1. The first kappa shape index (κ1) is 16.4. The van der Waals surface area contributed by atoms with Crippen molar-refractivity contribution in [3.63, 3.8) is 0 Å². The first-order valence-electron chi connectivity index (χ1n) is 9.02. The molecule has 1 aromatic heterocycles. The highest BCUT2D eigenvalue weighted by Crippen LogP contribution is 2.25. The van der Waals surface area contributed by atoms with Gasteiger partial charge in [-0.25, -0.2) is 4.68 Å². The van der Waals surface area contributed by atoms with E-state index in [1.165, 1.54) is 51.6 Å². The Hall–Kier alpha value is -1.50. The minimum Gasteiger partial charge on any atom is -0.352 e. The summed E-state index contributed by atoms with van der Waals surface area (Å²) in [5.41, 5.74) is 0. The van der Waals surface area contributed by atoms with E-state index < -0.39 is 0 Å². The molecule has 2 aliphatic rings. The number of rotatable bonds is 6. The van der Waals surface area contributed by atoms with Gasteiger partial charge in [-0.1, -0.05) is 19.3 Å². The van der Waals surface area contributed by atoms with Crippen molar-refractivity contribution >= 4 is 5.91 Å².